The molecule has 3 rings (SSSR count). The molecule has 1 unspecified atom stereocenters. The minimum atomic E-state index is -0.513. The second-order valence-electron chi connectivity index (χ2n) is 5.22. The number of nitrogens with two attached hydrogens (primary N) is 1. The summed E-state index contributed by atoms with van der Waals surface area (Å²) in [5.41, 5.74) is 9.87. The highest BCUT2D eigenvalue weighted by Crippen LogP contribution is 2.28. The van der Waals surface area contributed by atoms with Gasteiger partial charge in [0.15, 0.2) is 0 Å². The van der Waals surface area contributed by atoms with Crippen LogP contribution in [0.2, 0.25) is 0 Å². The zero-order valence-electron chi connectivity index (χ0n) is 11.4. The zero-order chi connectivity index (χ0) is 13.9. The Morgan fingerprint density at radius 2 is 2.05 bits per heavy atom. The van der Waals surface area contributed by atoms with Crippen LogP contribution in [0.25, 0.3) is 0 Å². The number of hydrogen-bond acceptors (Lipinski definition) is 3. The average molecular weight is 269 g/mol. The van der Waals surface area contributed by atoms with Crippen molar-refractivity contribution in [1.82, 2.24) is 0 Å². The first-order valence-electron chi connectivity index (χ1n) is 7.01. The average Bonchev–Trinajstić information content (AvgIpc) is 2.92. The molecule has 1 heterocycles. The molecule has 0 bridgehead atoms. The molecule has 1 aliphatic heterocycles. The third-order valence-corrected chi connectivity index (χ3v) is 3.82. The Balaban J connectivity index is 1.66. The summed E-state index contributed by atoms with van der Waals surface area (Å²) in [6.45, 7) is 0.780. The van der Waals surface area contributed by atoms with E-state index < -0.39 is 6.10 Å². The second kappa shape index (κ2) is 5.55. The minimum absolute atomic E-state index is 0.513. The second-order valence-corrected chi connectivity index (χ2v) is 5.22. The molecule has 104 valence electrons. The Hall–Kier alpha value is -2.00. The fraction of sp³-hybridized carbons (Fsp3) is 0.294. The molecule has 3 heteroatoms. The van der Waals surface area contributed by atoms with Crippen molar-refractivity contribution in [2.45, 2.75) is 25.4 Å². The summed E-state index contributed by atoms with van der Waals surface area (Å²) in [5.74, 6) is 1.00. The van der Waals surface area contributed by atoms with E-state index >= 15 is 0 Å². The van der Waals surface area contributed by atoms with Crippen LogP contribution < -0.4 is 10.5 Å². The van der Waals surface area contributed by atoms with Gasteiger partial charge < -0.3 is 15.6 Å². The Morgan fingerprint density at radius 1 is 1.20 bits per heavy atom. The van der Waals surface area contributed by atoms with E-state index in [9.17, 15) is 5.11 Å². The van der Waals surface area contributed by atoms with E-state index in [0.29, 0.717) is 12.1 Å². The van der Waals surface area contributed by atoms with Crippen LogP contribution >= 0.6 is 0 Å². The Labute approximate surface area is 119 Å². The highest BCUT2D eigenvalue weighted by atomic mass is 16.5. The smallest absolute Gasteiger partial charge is 0.122 e. The van der Waals surface area contributed by atoms with Gasteiger partial charge in [0.05, 0.1) is 12.7 Å². The predicted octanol–water partition coefficient (Wildman–Crippen LogP) is 2.87. The molecule has 0 aromatic heterocycles. The molecule has 0 radical (unpaired) electrons. The van der Waals surface area contributed by atoms with E-state index in [4.69, 9.17) is 10.5 Å². The van der Waals surface area contributed by atoms with Gasteiger partial charge in [0, 0.05) is 17.7 Å². The van der Waals surface area contributed by atoms with Crippen LogP contribution in [0.15, 0.2) is 42.5 Å². The third-order valence-electron chi connectivity index (χ3n) is 3.82. The zero-order valence-corrected chi connectivity index (χ0v) is 11.4. The Morgan fingerprint density at radius 3 is 2.90 bits per heavy atom. The summed E-state index contributed by atoms with van der Waals surface area (Å²) in [6.07, 6.45) is 1.98. The van der Waals surface area contributed by atoms with Gasteiger partial charge in [0.25, 0.3) is 0 Å². The Kier molecular flexibility index (Phi) is 3.61. The standard InChI is InChI=1S/C17H19NO2/c18-15-4-2-1-3-14(15)16(19)7-5-12-6-8-17-13(11-12)9-10-20-17/h1-4,6,8,11,16,19H,5,7,9-10,18H2. The van der Waals surface area contributed by atoms with E-state index in [1.165, 1.54) is 11.1 Å². The highest BCUT2D eigenvalue weighted by molar-refractivity contribution is 5.47. The molecule has 3 nitrogen and oxygen atoms in total. The molecular formula is C17H19NO2. The number of benzene rings is 2. The van der Waals surface area contributed by atoms with Crippen LogP contribution in [0.1, 0.15) is 29.2 Å². The van der Waals surface area contributed by atoms with Crippen LogP contribution in [0.4, 0.5) is 5.69 Å². The molecule has 3 N–H and O–H groups in total. The molecule has 0 aliphatic carbocycles. The number of para-hydroxylation sites is 1. The van der Waals surface area contributed by atoms with Gasteiger partial charge in [0.1, 0.15) is 5.75 Å². The van der Waals surface area contributed by atoms with Gasteiger partial charge in [-0.1, -0.05) is 30.3 Å². The summed E-state index contributed by atoms with van der Waals surface area (Å²) in [6, 6.07) is 13.8. The van der Waals surface area contributed by atoms with E-state index in [1.54, 1.807) is 0 Å². The van der Waals surface area contributed by atoms with Crippen molar-refractivity contribution in [2.24, 2.45) is 0 Å². The molecular weight excluding hydrogens is 250 g/mol. The molecule has 0 fully saturated rings. The number of rotatable bonds is 4. The monoisotopic (exact) mass is 269 g/mol. The van der Waals surface area contributed by atoms with Gasteiger partial charge in [-0.25, -0.2) is 0 Å². The first-order chi connectivity index (χ1) is 9.74. The maximum absolute atomic E-state index is 10.3. The SMILES string of the molecule is Nc1ccccc1C(O)CCc1ccc2c(c1)CCO2. The lowest BCUT2D eigenvalue weighted by atomic mass is 9.99. The fourth-order valence-electron chi connectivity index (χ4n) is 2.67. The van der Waals surface area contributed by atoms with Crippen molar-refractivity contribution >= 4 is 5.69 Å². The molecule has 0 saturated heterocycles. The van der Waals surface area contributed by atoms with Gasteiger partial charge in [0.2, 0.25) is 0 Å². The molecule has 0 amide bonds. The van der Waals surface area contributed by atoms with Crippen LogP contribution in [-0.2, 0) is 12.8 Å². The van der Waals surface area contributed by atoms with Crippen molar-refractivity contribution in [3.05, 3.63) is 59.2 Å². The number of hydrogen-bond donors (Lipinski definition) is 2. The van der Waals surface area contributed by atoms with Gasteiger partial charge >= 0.3 is 0 Å². The van der Waals surface area contributed by atoms with Gasteiger partial charge in [-0.2, -0.15) is 0 Å². The fourth-order valence-corrected chi connectivity index (χ4v) is 2.67. The molecule has 2 aromatic carbocycles. The predicted molar refractivity (Wildman–Crippen MR) is 79.8 cm³/mol. The van der Waals surface area contributed by atoms with Crippen molar-refractivity contribution in [1.29, 1.82) is 0 Å². The lowest BCUT2D eigenvalue weighted by Crippen LogP contribution is -2.03. The molecule has 1 aliphatic rings. The van der Waals surface area contributed by atoms with Crippen LogP contribution in [-0.4, -0.2) is 11.7 Å². The Bertz CT molecular complexity index is 610. The molecule has 20 heavy (non-hydrogen) atoms. The molecule has 0 spiro atoms. The summed E-state index contributed by atoms with van der Waals surface area (Å²) in [4.78, 5) is 0. The van der Waals surface area contributed by atoms with E-state index in [0.717, 1.165) is 30.8 Å². The maximum Gasteiger partial charge on any atom is 0.122 e. The summed E-state index contributed by atoms with van der Waals surface area (Å²) >= 11 is 0. The molecule has 1 atom stereocenters. The first-order valence-corrected chi connectivity index (χ1v) is 7.01. The number of aliphatic hydroxyl groups is 1. The van der Waals surface area contributed by atoms with Gasteiger partial charge in [-0.15, -0.1) is 0 Å². The summed E-state index contributed by atoms with van der Waals surface area (Å²) in [5, 5.41) is 10.3. The quantitative estimate of drug-likeness (QED) is 0.839. The lowest BCUT2D eigenvalue weighted by molar-refractivity contribution is 0.168. The molecule has 0 saturated carbocycles. The van der Waals surface area contributed by atoms with Gasteiger partial charge in [-0.05, 0) is 36.1 Å². The first kappa shape index (κ1) is 13.0. The lowest BCUT2D eigenvalue weighted by Gasteiger charge is -2.13. The summed E-state index contributed by atoms with van der Waals surface area (Å²) < 4.78 is 5.50. The topological polar surface area (TPSA) is 55.5 Å². The third kappa shape index (κ3) is 2.63. The minimum Gasteiger partial charge on any atom is -0.493 e. The van der Waals surface area contributed by atoms with Crippen LogP contribution in [0.3, 0.4) is 0 Å². The van der Waals surface area contributed by atoms with E-state index in [1.807, 2.05) is 30.3 Å². The van der Waals surface area contributed by atoms with Gasteiger partial charge in [-0.3, -0.25) is 0 Å². The largest absolute Gasteiger partial charge is 0.493 e. The number of aliphatic hydroxyl groups excluding tert-OH is 1. The highest BCUT2D eigenvalue weighted by Gasteiger charge is 2.14. The normalized spacial score (nSPS) is 14.7. The van der Waals surface area contributed by atoms with Crippen LogP contribution in [0, 0.1) is 0 Å². The van der Waals surface area contributed by atoms with Crippen molar-refractivity contribution in [3.63, 3.8) is 0 Å². The summed E-state index contributed by atoms with van der Waals surface area (Å²) in [7, 11) is 0. The van der Waals surface area contributed by atoms with E-state index in [2.05, 4.69) is 12.1 Å². The molecule has 2 aromatic rings. The van der Waals surface area contributed by atoms with Crippen molar-refractivity contribution in [3.8, 4) is 5.75 Å². The van der Waals surface area contributed by atoms with Crippen molar-refractivity contribution in [2.75, 3.05) is 12.3 Å². The van der Waals surface area contributed by atoms with Crippen LogP contribution in [0.5, 0.6) is 5.75 Å². The number of anilines is 1. The number of fused-ring (bicyclic) bond motifs is 1. The van der Waals surface area contributed by atoms with E-state index in [-0.39, 0.29) is 0 Å². The number of nitrogen functional groups attached to an aromatic ring is 1. The number of aryl methyl sites for hydroxylation is 1. The number of ether oxygens (including phenoxy) is 1. The van der Waals surface area contributed by atoms with Crippen molar-refractivity contribution < 1.29 is 9.84 Å². The maximum atomic E-state index is 10.3.